The molecule has 26 heavy (non-hydrogen) atoms. The molecule has 0 aliphatic rings. The van der Waals surface area contributed by atoms with Gasteiger partial charge >= 0.3 is 0 Å². The lowest BCUT2D eigenvalue weighted by Gasteiger charge is -2.03. The molecule has 1 aromatic carbocycles. The van der Waals surface area contributed by atoms with E-state index in [1.165, 1.54) is 0 Å². The first-order valence-electron chi connectivity index (χ1n) is 7.64. The van der Waals surface area contributed by atoms with Gasteiger partial charge in [-0.2, -0.15) is 15.2 Å². The Kier molecular flexibility index (Phi) is 4.68. The molecule has 9 heteroatoms. The highest BCUT2D eigenvalue weighted by Gasteiger charge is 2.08. The van der Waals surface area contributed by atoms with Crippen LogP contribution >= 0.6 is 27.5 Å². The summed E-state index contributed by atoms with van der Waals surface area (Å²) in [5.41, 5.74) is 2.46. The van der Waals surface area contributed by atoms with Crippen LogP contribution < -0.4 is 0 Å². The Hall–Kier alpha value is -2.71. The zero-order chi connectivity index (χ0) is 17.9. The number of fused-ring (bicyclic) bond motifs is 1. The van der Waals surface area contributed by atoms with Crippen LogP contribution in [0.2, 0.25) is 5.15 Å². The van der Waals surface area contributed by atoms with E-state index in [2.05, 4.69) is 46.2 Å². The van der Waals surface area contributed by atoms with E-state index < -0.39 is 0 Å². The first kappa shape index (κ1) is 16.7. The predicted molar refractivity (Wildman–Crippen MR) is 102 cm³/mol. The molecule has 0 unspecified atom stereocenters. The molecule has 4 rings (SSSR count). The summed E-state index contributed by atoms with van der Waals surface area (Å²) in [6, 6.07) is 11.4. The number of hydrogen-bond donors (Lipinski definition) is 0. The smallest absolute Gasteiger partial charge is 0.244 e. The summed E-state index contributed by atoms with van der Waals surface area (Å²) >= 11 is 9.23. The van der Waals surface area contributed by atoms with E-state index in [0.717, 1.165) is 21.1 Å². The molecule has 0 saturated carbocycles. The molecule has 0 aliphatic heterocycles. The van der Waals surface area contributed by atoms with Gasteiger partial charge in [0.05, 0.1) is 23.8 Å². The lowest BCUT2D eigenvalue weighted by molar-refractivity contribution is 0.885. The van der Waals surface area contributed by atoms with E-state index in [0.29, 0.717) is 17.3 Å². The van der Waals surface area contributed by atoms with E-state index in [-0.39, 0.29) is 5.95 Å². The van der Waals surface area contributed by atoms with Gasteiger partial charge in [0.15, 0.2) is 5.65 Å². The third-order valence-electron chi connectivity index (χ3n) is 3.55. The van der Waals surface area contributed by atoms with Crippen LogP contribution in [0.3, 0.4) is 0 Å². The Morgan fingerprint density at radius 3 is 2.81 bits per heavy atom. The molecule has 0 spiro atoms. The minimum atomic E-state index is 0.274. The van der Waals surface area contributed by atoms with Gasteiger partial charge in [0.1, 0.15) is 5.15 Å². The van der Waals surface area contributed by atoms with Gasteiger partial charge in [-0.15, -0.1) is 5.11 Å². The molecular weight excluding hydrogens is 418 g/mol. The maximum atomic E-state index is 5.77. The van der Waals surface area contributed by atoms with Crippen LogP contribution in [-0.4, -0.2) is 24.7 Å². The second kappa shape index (κ2) is 7.27. The molecule has 0 fully saturated rings. The van der Waals surface area contributed by atoms with Crippen molar-refractivity contribution < 1.29 is 0 Å². The summed E-state index contributed by atoms with van der Waals surface area (Å²) in [6.45, 7) is 0.371. The molecule has 3 heterocycles. The normalized spacial score (nSPS) is 11.5. The van der Waals surface area contributed by atoms with Crippen molar-refractivity contribution in [3.63, 3.8) is 0 Å². The van der Waals surface area contributed by atoms with E-state index in [4.69, 9.17) is 11.6 Å². The van der Waals surface area contributed by atoms with Crippen molar-refractivity contribution in [3.8, 4) is 5.69 Å². The number of halogens is 2. The number of benzene rings is 1. The highest BCUT2D eigenvalue weighted by molar-refractivity contribution is 9.10. The fourth-order valence-corrected chi connectivity index (χ4v) is 2.83. The minimum Gasteiger partial charge on any atom is -0.244 e. The second-order valence-electron chi connectivity index (χ2n) is 5.37. The molecule has 0 saturated heterocycles. The van der Waals surface area contributed by atoms with Crippen LogP contribution in [-0.2, 0) is 6.54 Å². The monoisotopic (exact) mass is 427 g/mol. The first-order valence-corrected chi connectivity index (χ1v) is 8.81. The fourth-order valence-electron chi connectivity index (χ4n) is 2.33. The Bertz CT molecular complexity index is 1090. The zero-order valence-electron chi connectivity index (χ0n) is 13.3. The summed E-state index contributed by atoms with van der Waals surface area (Å²) in [4.78, 5) is 12.7. The molecule has 0 radical (unpaired) electrons. The summed E-state index contributed by atoms with van der Waals surface area (Å²) in [5.74, 6) is 0.274. The molecule has 0 bridgehead atoms. The molecule has 7 nitrogen and oxygen atoms in total. The van der Waals surface area contributed by atoms with Crippen LogP contribution in [0.25, 0.3) is 16.7 Å². The average Bonchev–Trinajstić information content (AvgIpc) is 3.07. The molecule has 4 aromatic rings. The SMILES string of the molecule is Clc1ccc(CN=Nc2ncc3cnn(-c4cccc(Br)c4)c3n2)cn1. The Labute approximate surface area is 161 Å². The zero-order valence-corrected chi connectivity index (χ0v) is 15.6. The number of pyridine rings is 1. The highest BCUT2D eigenvalue weighted by Crippen LogP contribution is 2.21. The van der Waals surface area contributed by atoms with Gasteiger partial charge < -0.3 is 0 Å². The standard InChI is InChI=1S/C17H11BrClN7/c18-13-2-1-3-14(6-13)26-16-12(10-23-26)9-21-17(24-16)25-22-8-11-4-5-15(19)20-7-11/h1-7,9-10H,8H2. The average molecular weight is 429 g/mol. The molecule has 0 amide bonds. The van der Waals surface area contributed by atoms with Crippen LogP contribution in [0.5, 0.6) is 0 Å². The number of hydrogen-bond acceptors (Lipinski definition) is 6. The van der Waals surface area contributed by atoms with E-state index >= 15 is 0 Å². The molecule has 3 aromatic heterocycles. The van der Waals surface area contributed by atoms with Crippen molar-refractivity contribution in [2.45, 2.75) is 6.54 Å². The predicted octanol–water partition coefficient (Wildman–Crippen LogP) is 4.91. The molecule has 128 valence electrons. The van der Waals surface area contributed by atoms with Gasteiger partial charge in [-0.3, -0.25) is 0 Å². The van der Waals surface area contributed by atoms with E-state index in [1.54, 1.807) is 29.3 Å². The van der Waals surface area contributed by atoms with Crippen molar-refractivity contribution in [1.82, 2.24) is 24.7 Å². The van der Waals surface area contributed by atoms with Crippen molar-refractivity contribution in [2.24, 2.45) is 10.2 Å². The summed E-state index contributed by atoms with van der Waals surface area (Å²) in [5, 5.41) is 13.9. The van der Waals surface area contributed by atoms with Crippen molar-refractivity contribution in [1.29, 1.82) is 0 Å². The molecule has 0 N–H and O–H groups in total. The van der Waals surface area contributed by atoms with Gasteiger partial charge in [0, 0.05) is 16.9 Å². The Balaban J connectivity index is 1.61. The number of azo groups is 1. The van der Waals surface area contributed by atoms with Gasteiger partial charge in [-0.05, 0) is 29.8 Å². The van der Waals surface area contributed by atoms with Crippen molar-refractivity contribution in [2.75, 3.05) is 0 Å². The summed E-state index contributed by atoms with van der Waals surface area (Å²) < 4.78 is 2.70. The fraction of sp³-hybridized carbons (Fsp3) is 0.0588. The number of rotatable bonds is 4. The number of aromatic nitrogens is 5. The number of nitrogens with zero attached hydrogens (tertiary/aromatic N) is 7. The third kappa shape index (κ3) is 3.61. The van der Waals surface area contributed by atoms with Crippen molar-refractivity contribution in [3.05, 3.63) is 70.2 Å². The van der Waals surface area contributed by atoms with Gasteiger partial charge in [0.2, 0.25) is 0 Å². The third-order valence-corrected chi connectivity index (χ3v) is 4.27. The Morgan fingerprint density at radius 2 is 2.00 bits per heavy atom. The lowest BCUT2D eigenvalue weighted by atomic mass is 10.3. The summed E-state index contributed by atoms with van der Waals surface area (Å²) in [6.07, 6.45) is 5.06. The minimum absolute atomic E-state index is 0.274. The van der Waals surface area contributed by atoms with Crippen LogP contribution in [0.1, 0.15) is 5.56 Å². The van der Waals surface area contributed by atoms with Crippen LogP contribution in [0, 0.1) is 0 Å². The maximum Gasteiger partial charge on any atom is 0.270 e. The maximum absolute atomic E-state index is 5.77. The van der Waals surface area contributed by atoms with E-state index in [1.807, 2.05) is 30.3 Å². The molecule has 0 aliphatic carbocycles. The topological polar surface area (TPSA) is 81.2 Å². The molecular formula is C17H11BrClN7. The van der Waals surface area contributed by atoms with Gasteiger partial charge in [-0.1, -0.05) is 39.7 Å². The molecule has 0 atom stereocenters. The van der Waals surface area contributed by atoms with Crippen LogP contribution in [0.15, 0.2) is 69.7 Å². The first-order chi connectivity index (χ1) is 12.7. The largest absolute Gasteiger partial charge is 0.270 e. The van der Waals surface area contributed by atoms with Gasteiger partial charge in [0.25, 0.3) is 5.95 Å². The quantitative estimate of drug-likeness (QED) is 0.341. The highest BCUT2D eigenvalue weighted by atomic mass is 79.9. The summed E-state index contributed by atoms with van der Waals surface area (Å²) in [7, 11) is 0. The van der Waals surface area contributed by atoms with Crippen LogP contribution in [0.4, 0.5) is 5.95 Å². The Morgan fingerprint density at radius 1 is 1.08 bits per heavy atom. The lowest BCUT2D eigenvalue weighted by Crippen LogP contribution is -1.97. The second-order valence-corrected chi connectivity index (χ2v) is 6.68. The van der Waals surface area contributed by atoms with Crippen molar-refractivity contribution >= 4 is 44.5 Å². The van der Waals surface area contributed by atoms with E-state index in [9.17, 15) is 0 Å². The van der Waals surface area contributed by atoms with Gasteiger partial charge in [-0.25, -0.2) is 14.6 Å².